The van der Waals surface area contributed by atoms with Crippen LogP contribution in [0.5, 0.6) is 0 Å². The molecule has 0 aromatic carbocycles. The van der Waals surface area contributed by atoms with Crippen LogP contribution < -0.4 is 0 Å². The van der Waals surface area contributed by atoms with Gasteiger partial charge in [0.25, 0.3) is 0 Å². The third-order valence-corrected chi connectivity index (χ3v) is 1.35. The van der Waals surface area contributed by atoms with Crippen molar-refractivity contribution >= 4 is 12.3 Å². The van der Waals surface area contributed by atoms with E-state index in [1.54, 1.807) is 12.4 Å². The molecule has 0 amide bonds. The lowest BCUT2D eigenvalue weighted by Crippen LogP contribution is -1.82. The summed E-state index contributed by atoms with van der Waals surface area (Å²) in [5, 5.41) is 0. The van der Waals surface area contributed by atoms with Crippen LogP contribution in [0.15, 0.2) is 35.6 Å². The molecule has 1 rings (SSSR count). The lowest BCUT2D eigenvalue weighted by molar-refractivity contribution is 1.26. The quantitative estimate of drug-likeness (QED) is 0.587. The van der Waals surface area contributed by atoms with Crippen molar-refractivity contribution in [3.8, 4) is 0 Å². The molecule has 0 atom stereocenters. The highest BCUT2D eigenvalue weighted by Gasteiger charge is 1.92. The second-order valence-electron chi connectivity index (χ2n) is 2.21. The van der Waals surface area contributed by atoms with Crippen LogP contribution in [0.2, 0.25) is 0 Å². The Bertz CT molecular complexity index is 262. The average molecular weight is 146 g/mol. The SMILES string of the molecule is C=N/C=C(\C)c1ccccn1. The molecule has 0 fully saturated rings. The molecule has 11 heavy (non-hydrogen) atoms. The minimum Gasteiger partial charge on any atom is -0.272 e. The van der Waals surface area contributed by atoms with Gasteiger partial charge < -0.3 is 0 Å². The largest absolute Gasteiger partial charge is 0.272 e. The fourth-order valence-electron chi connectivity index (χ4n) is 0.799. The molecule has 0 aliphatic rings. The molecule has 1 aromatic rings. The van der Waals surface area contributed by atoms with E-state index >= 15 is 0 Å². The maximum atomic E-state index is 4.14. The number of rotatable bonds is 2. The zero-order chi connectivity index (χ0) is 8.10. The molecule has 56 valence electrons. The molecule has 0 aliphatic carbocycles. The van der Waals surface area contributed by atoms with Gasteiger partial charge in [-0.3, -0.25) is 9.98 Å². The van der Waals surface area contributed by atoms with Crippen molar-refractivity contribution in [3.63, 3.8) is 0 Å². The van der Waals surface area contributed by atoms with Gasteiger partial charge in [-0.05, 0) is 31.3 Å². The van der Waals surface area contributed by atoms with Crippen LogP contribution in [0.4, 0.5) is 0 Å². The van der Waals surface area contributed by atoms with E-state index < -0.39 is 0 Å². The van der Waals surface area contributed by atoms with Crippen molar-refractivity contribution in [3.05, 3.63) is 36.3 Å². The first-order valence-electron chi connectivity index (χ1n) is 3.38. The smallest absolute Gasteiger partial charge is 0.0674 e. The van der Waals surface area contributed by atoms with Gasteiger partial charge in [0.2, 0.25) is 0 Å². The molecule has 0 bridgehead atoms. The summed E-state index contributed by atoms with van der Waals surface area (Å²) in [5.74, 6) is 0. The van der Waals surface area contributed by atoms with Crippen molar-refractivity contribution in [2.45, 2.75) is 6.92 Å². The fourth-order valence-corrected chi connectivity index (χ4v) is 0.799. The normalized spacial score (nSPS) is 11.2. The molecule has 1 aromatic heterocycles. The predicted molar refractivity (Wildman–Crippen MR) is 47.4 cm³/mol. The summed E-state index contributed by atoms with van der Waals surface area (Å²) in [6, 6.07) is 5.78. The van der Waals surface area contributed by atoms with Gasteiger partial charge in [0.1, 0.15) is 0 Å². The number of nitrogens with zero attached hydrogens (tertiary/aromatic N) is 2. The van der Waals surface area contributed by atoms with Gasteiger partial charge in [-0.2, -0.15) is 0 Å². The lowest BCUT2D eigenvalue weighted by Gasteiger charge is -1.95. The summed E-state index contributed by atoms with van der Waals surface area (Å²) < 4.78 is 0. The van der Waals surface area contributed by atoms with Crippen molar-refractivity contribution in [2.24, 2.45) is 4.99 Å². The Morgan fingerprint density at radius 3 is 3.00 bits per heavy atom. The van der Waals surface area contributed by atoms with E-state index in [1.165, 1.54) is 0 Å². The van der Waals surface area contributed by atoms with Gasteiger partial charge in [0, 0.05) is 12.4 Å². The molecule has 0 saturated heterocycles. The minimum absolute atomic E-state index is 0.944. The number of aliphatic imine (C=N–C) groups is 1. The number of pyridine rings is 1. The minimum atomic E-state index is 0.944. The summed E-state index contributed by atoms with van der Waals surface area (Å²) in [5.41, 5.74) is 1.97. The first-order chi connectivity index (χ1) is 5.34. The molecular weight excluding hydrogens is 136 g/mol. The van der Waals surface area contributed by atoms with E-state index in [-0.39, 0.29) is 0 Å². The summed E-state index contributed by atoms with van der Waals surface area (Å²) >= 11 is 0. The highest BCUT2D eigenvalue weighted by Crippen LogP contribution is 2.08. The molecule has 0 N–H and O–H groups in total. The van der Waals surface area contributed by atoms with Crippen LogP contribution >= 0.6 is 0 Å². The summed E-state index contributed by atoms with van der Waals surface area (Å²) in [6.45, 7) is 5.33. The standard InChI is InChI=1S/C9H10N2/c1-8(7-10-2)9-5-3-4-6-11-9/h3-7H,2H2,1H3/b8-7+. The maximum Gasteiger partial charge on any atom is 0.0674 e. The van der Waals surface area contributed by atoms with Crippen LogP contribution in [0.25, 0.3) is 5.57 Å². The maximum absolute atomic E-state index is 4.14. The molecule has 0 spiro atoms. The van der Waals surface area contributed by atoms with E-state index in [1.807, 2.05) is 25.1 Å². The summed E-state index contributed by atoms with van der Waals surface area (Å²) in [6.07, 6.45) is 3.46. The first-order valence-corrected chi connectivity index (χ1v) is 3.38. The number of hydrogen-bond acceptors (Lipinski definition) is 2. The Morgan fingerprint density at radius 2 is 2.45 bits per heavy atom. The lowest BCUT2D eigenvalue weighted by atomic mass is 10.2. The van der Waals surface area contributed by atoms with E-state index in [0.717, 1.165) is 11.3 Å². The third kappa shape index (κ3) is 2.00. The first kappa shape index (κ1) is 7.66. The number of allylic oxidation sites excluding steroid dienone is 1. The van der Waals surface area contributed by atoms with E-state index in [9.17, 15) is 0 Å². The second-order valence-corrected chi connectivity index (χ2v) is 2.21. The summed E-state index contributed by atoms with van der Waals surface area (Å²) in [7, 11) is 0. The van der Waals surface area contributed by atoms with Crippen LogP contribution in [-0.2, 0) is 0 Å². The topological polar surface area (TPSA) is 25.2 Å². The van der Waals surface area contributed by atoms with Crippen LogP contribution in [0, 0.1) is 0 Å². The van der Waals surface area contributed by atoms with Crippen LogP contribution in [0.1, 0.15) is 12.6 Å². The number of aromatic nitrogens is 1. The van der Waals surface area contributed by atoms with Crippen LogP contribution in [-0.4, -0.2) is 11.7 Å². The Balaban J connectivity index is 2.94. The fraction of sp³-hybridized carbons (Fsp3) is 0.111. The molecule has 0 aliphatic heterocycles. The molecule has 2 nitrogen and oxygen atoms in total. The molecule has 0 saturated carbocycles. The molecule has 0 radical (unpaired) electrons. The Kier molecular flexibility index (Phi) is 2.55. The average Bonchev–Trinajstić information content (AvgIpc) is 2.07. The highest BCUT2D eigenvalue weighted by molar-refractivity contribution is 5.60. The van der Waals surface area contributed by atoms with Crippen molar-refractivity contribution < 1.29 is 0 Å². The third-order valence-electron chi connectivity index (χ3n) is 1.35. The van der Waals surface area contributed by atoms with Crippen LogP contribution in [0.3, 0.4) is 0 Å². The van der Waals surface area contributed by atoms with E-state index in [2.05, 4.69) is 16.7 Å². The molecular formula is C9H10N2. The van der Waals surface area contributed by atoms with Gasteiger partial charge in [-0.15, -0.1) is 0 Å². The highest BCUT2D eigenvalue weighted by atomic mass is 14.7. The zero-order valence-corrected chi connectivity index (χ0v) is 6.49. The Labute approximate surface area is 66.3 Å². The van der Waals surface area contributed by atoms with Gasteiger partial charge in [-0.25, -0.2) is 0 Å². The zero-order valence-electron chi connectivity index (χ0n) is 6.49. The van der Waals surface area contributed by atoms with Gasteiger partial charge in [-0.1, -0.05) is 6.07 Å². The van der Waals surface area contributed by atoms with Crippen molar-refractivity contribution in [1.82, 2.24) is 4.98 Å². The Hall–Kier alpha value is -1.44. The van der Waals surface area contributed by atoms with Crippen molar-refractivity contribution in [2.75, 3.05) is 0 Å². The van der Waals surface area contributed by atoms with Gasteiger partial charge in [0.15, 0.2) is 0 Å². The summed E-state index contributed by atoms with van der Waals surface area (Å²) in [4.78, 5) is 7.80. The van der Waals surface area contributed by atoms with E-state index in [0.29, 0.717) is 0 Å². The van der Waals surface area contributed by atoms with E-state index in [4.69, 9.17) is 0 Å². The molecule has 2 heteroatoms. The number of hydrogen-bond donors (Lipinski definition) is 0. The Morgan fingerprint density at radius 1 is 1.64 bits per heavy atom. The molecule has 1 heterocycles. The monoisotopic (exact) mass is 146 g/mol. The van der Waals surface area contributed by atoms with Crippen molar-refractivity contribution in [1.29, 1.82) is 0 Å². The second kappa shape index (κ2) is 3.66. The molecule has 0 unspecified atom stereocenters. The van der Waals surface area contributed by atoms with Gasteiger partial charge in [0.05, 0.1) is 5.69 Å². The predicted octanol–water partition coefficient (Wildman–Crippen LogP) is 2.14. The van der Waals surface area contributed by atoms with Gasteiger partial charge >= 0.3 is 0 Å².